The van der Waals surface area contributed by atoms with Crippen LogP contribution in [-0.2, 0) is 14.4 Å². The van der Waals surface area contributed by atoms with Crippen LogP contribution < -0.4 is 10.9 Å². The van der Waals surface area contributed by atoms with Crippen LogP contribution in [-0.4, -0.2) is 41.9 Å². The van der Waals surface area contributed by atoms with Gasteiger partial charge in [0.15, 0.2) is 6.61 Å². The van der Waals surface area contributed by atoms with Crippen LogP contribution in [0.15, 0.2) is 36.9 Å². The summed E-state index contributed by atoms with van der Waals surface area (Å²) >= 11 is 0. The molecule has 0 saturated heterocycles. The van der Waals surface area contributed by atoms with Gasteiger partial charge in [-0.2, -0.15) is 5.48 Å². The number of anilines is 1. The topological polar surface area (TPSA) is 100 Å². The van der Waals surface area contributed by atoms with Gasteiger partial charge in [0.05, 0.1) is 18.3 Å². The SMILES string of the molecule is C=CCOC(=O)CONC1CN(C(=O)O)Nc2ccccc21. The summed E-state index contributed by atoms with van der Waals surface area (Å²) in [6, 6.07) is 6.84. The Morgan fingerprint density at radius 2 is 2.27 bits per heavy atom. The molecule has 0 radical (unpaired) electrons. The van der Waals surface area contributed by atoms with Gasteiger partial charge in [0, 0.05) is 0 Å². The highest BCUT2D eigenvalue weighted by atomic mass is 16.7. The molecule has 2 rings (SSSR count). The van der Waals surface area contributed by atoms with Crippen molar-refractivity contribution in [2.75, 3.05) is 25.2 Å². The normalized spacial score (nSPS) is 16.4. The zero-order chi connectivity index (χ0) is 15.9. The van der Waals surface area contributed by atoms with Crippen molar-refractivity contribution >= 4 is 17.7 Å². The molecule has 1 aliphatic rings. The maximum Gasteiger partial charge on any atom is 0.426 e. The van der Waals surface area contributed by atoms with Gasteiger partial charge in [-0.1, -0.05) is 30.9 Å². The third kappa shape index (κ3) is 3.96. The predicted octanol–water partition coefficient (Wildman–Crippen LogP) is 1.30. The zero-order valence-electron chi connectivity index (χ0n) is 11.8. The lowest BCUT2D eigenvalue weighted by Gasteiger charge is -2.33. The average Bonchev–Trinajstić information content (AvgIpc) is 2.52. The highest BCUT2D eigenvalue weighted by Crippen LogP contribution is 2.28. The van der Waals surface area contributed by atoms with Gasteiger partial charge in [0.2, 0.25) is 0 Å². The van der Waals surface area contributed by atoms with Crippen molar-refractivity contribution in [1.29, 1.82) is 0 Å². The minimum absolute atomic E-state index is 0.116. The van der Waals surface area contributed by atoms with E-state index in [4.69, 9.17) is 14.7 Å². The van der Waals surface area contributed by atoms with Crippen molar-refractivity contribution < 1.29 is 24.3 Å². The first-order valence-corrected chi connectivity index (χ1v) is 6.61. The molecule has 118 valence electrons. The first kappa shape index (κ1) is 15.8. The molecule has 3 N–H and O–H groups in total. The van der Waals surface area contributed by atoms with Crippen LogP contribution in [0.3, 0.4) is 0 Å². The number of para-hydroxylation sites is 1. The summed E-state index contributed by atoms with van der Waals surface area (Å²) in [4.78, 5) is 27.5. The summed E-state index contributed by atoms with van der Waals surface area (Å²) in [5, 5.41) is 10.1. The molecule has 1 unspecified atom stereocenters. The molecule has 0 bridgehead atoms. The number of nitrogens with zero attached hydrogens (tertiary/aromatic N) is 1. The number of benzene rings is 1. The summed E-state index contributed by atoms with van der Waals surface area (Å²) in [5.41, 5.74) is 6.99. The molecule has 0 aromatic heterocycles. The Balaban J connectivity index is 1.95. The van der Waals surface area contributed by atoms with E-state index in [1.807, 2.05) is 12.1 Å². The Morgan fingerprint density at radius 3 is 3.00 bits per heavy atom. The Bertz CT molecular complexity index is 563. The summed E-state index contributed by atoms with van der Waals surface area (Å²) < 4.78 is 4.77. The highest BCUT2D eigenvalue weighted by molar-refractivity contribution is 5.71. The van der Waals surface area contributed by atoms with Crippen molar-refractivity contribution in [3.8, 4) is 0 Å². The molecule has 1 aromatic rings. The summed E-state index contributed by atoms with van der Waals surface area (Å²) in [6.45, 7) is 3.40. The van der Waals surface area contributed by atoms with Crippen LogP contribution in [0.2, 0.25) is 0 Å². The number of esters is 1. The average molecular weight is 307 g/mol. The second-order valence-corrected chi connectivity index (χ2v) is 4.52. The van der Waals surface area contributed by atoms with E-state index in [0.717, 1.165) is 10.6 Å². The van der Waals surface area contributed by atoms with Crippen LogP contribution in [0.4, 0.5) is 10.5 Å². The lowest BCUT2D eigenvalue weighted by atomic mass is 10.0. The fourth-order valence-corrected chi connectivity index (χ4v) is 2.00. The van der Waals surface area contributed by atoms with Crippen LogP contribution in [0.1, 0.15) is 11.6 Å². The molecule has 1 heterocycles. The molecule has 0 fully saturated rings. The largest absolute Gasteiger partial charge is 0.464 e. The van der Waals surface area contributed by atoms with Crippen LogP contribution in [0.5, 0.6) is 0 Å². The van der Waals surface area contributed by atoms with Crippen LogP contribution in [0, 0.1) is 0 Å². The standard InChI is InChI=1S/C14H17N3O5/c1-2-7-21-13(18)9-22-16-12-8-17(14(19)20)15-11-6-4-3-5-10(11)12/h2-6,12,15-16H,1,7-9H2,(H,19,20). The van der Waals surface area contributed by atoms with Gasteiger partial charge in [-0.05, 0) is 11.6 Å². The molecule has 22 heavy (non-hydrogen) atoms. The van der Waals surface area contributed by atoms with Gasteiger partial charge >= 0.3 is 12.1 Å². The van der Waals surface area contributed by atoms with Gasteiger partial charge in [-0.25, -0.2) is 14.6 Å². The number of nitrogens with one attached hydrogen (secondary N) is 2. The van der Waals surface area contributed by atoms with Gasteiger partial charge in [-0.15, -0.1) is 0 Å². The third-order valence-electron chi connectivity index (χ3n) is 2.97. The summed E-state index contributed by atoms with van der Waals surface area (Å²) in [7, 11) is 0. The van der Waals surface area contributed by atoms with E-state index < -0.39 is 18.1 Å². The van der Waals surface area contributed by atoms with E-state index in [2.05, 4.69) is 17.5 Å². The van der Waals surface area contributed by atoms with Crippen LogP contribution >= 0.6 is 0 Å². The highest BCUT2D eigenvalue weighted by Gasteiger charge is 2.27. The van der Waals surface area contributed by atoms with Gasteiger partial charge in [0.1, 0.15) is 6.61 Å². The van der Waals surface area contributed by atoms with E-state index in [-0.39, 0.29) is 19.8 Å². The maximum atomic E-state index is 11.3. The van der Waals surface area contributed by atoms with E-state index in [0.29, 0.717) is 5.69 Å². The van der Waals surface area contributed by atoms with E-state index in [1.54, 1.807) is 12.1 Å². The van der Waals surface area contributed by atoms with Crippen molar-refractivity contribution in [3.63, 3.8) is 0 Å². The fourth-order valence-electron chi connectivity index (χ4n) is 2.00. The maximum absolute atomic E-state index is 11.3. The van der Waals surface area contributed by atoms with E-state index in [1.165, 1.54) is 6.08 Å². The first-order chi connectivity index (χ1) is 10.6. The summed E-state index contributed by atoms with van der Waals surface area (Å²) in [6.07, 6.45) is 0.353. The second-order valence-electron chi connectivity index (χ2n) is 4.52. The third-order valence-corrected chi connectivity index (χ3v) is 2.97. The Morgan fingerprint density at radius 1 is 1.50 bits per heavy atom. The number of ether oxygens (including phenoxy) is 1. The zero-order valence-corrected chi connectivity index (χ0v) is 11.8. The van der Waals surface area contributed by atoms with Crippen molar-refractivity contribution in [1.82, 2.24) is 10.5 Å². The molecule has 0 aliphatic carbocycles. The Labute approximate surface area is 127 Å². The fraction of sp³-hybridized carbons (Fsp3) is 0.286. The monoisotopic (exact) mass is 307 g/mol. The number of hydroxylamine groups is 1. The van der Waals surface area contributed by atoms with Crippen molar-refractivity contribution in [3.05, 3.63) is 42.5 Å². The first-order valence-electron chi connectivity index (χ1n) is 6.61. The molecule has 8 heteroatoms. The quantitative estimate of drug-likeness (QED) is 0.414. The molecule has 8 nitrogen and oxygen atoms in total. The van der Waals surface area contributed by atoms with Gasteiger partial charge < -0.3 is 9.84 Å². The number of rotatable bonds is 6. The predicted molar refractivity (Wildman–Crippen MR) is 77.8 cm³/mol. The second kappa shape index (κ2) is 7.43. The number of hydrogen-bond donors (Lipinski definition) is 3. The van der Waals surface area contributed by atoms with Crippen molar-refractivity contribution in [2.24, 2.45) is 0 Å². The molecule has 0 spiro atoms. The molecular formula is C14H17N3O5. The smallest absolute Gasteiger partial charge is 0.426 e. The number of hydrazine groups is 1. The molecule has 1 aromatic carbocycles. The number of carbonyl (C=O) groups is 2. The number of hydrogen-bond acceptors (Lipinski definition) is 6. The summed E-state index contributed by atoms with van der Waals surface area (Å²) in [5.74, 6) is -0.537. The number of fused-ring (bicyclic) bond motifs is 1. The Hall–Kier alpha value is -2.58. The Kier molecular flexibility index (Phi) is 5.34. The van der Waals surface area contributed by atoms with Gasteiger partial charge in [-0.3, -0.25) is 10.3 Å². The molecule has 1 amide bonds. The molecule has 1 aliphatic heterocycles. The number of carbonyl (C=O) groups excluding carboxylic acids is 1. The van der Waals surface area contributed by atoms with Crippen LogP contribution in [0.25, 0.3) is 0 Å². The number of amides is 1. The molecule has 0 saturated carbocycles. The molecular weight excluding hydrogens is 290 g/mol. The minimum atomic E-state index is -1.10. The minimum Gasteiger partial charge on any atom is -0.464 e. The lowest BCUT2D eigenvalue weighted by Crippen LogP contribution is -2.45. The van der Waals surface area contributed by atoms with E-state index >= 15 is 0 Å². The number of carboxylic acid groups (broad SMARTS) is 1. The molecule has 1 atom stereocenters. The van der Waals surface area contributed by atoms with Crippen molar-refractivity contribution in [2.45, 2.75) is 6.04 Å². The lowest BCUT2D eigenvalue weighted by molar-refractivity contribution is -0.151. The van der Waals surface area contributed by atoms with E-state index in [9.17, 15) is 9.59 Å². The van der Waals surface area contributed by atoms with Gasteiger partial charge in [0.25, 0.3) is 0 Å².